The van der Waals surface area contributed by atoms with E-state index >= 15 is 0 Å². The predicted octanol–water partition coefficient (Wildman–Crippen LogP) is 5.26. The molecular formula is C14H26. The fourth-order valence-corrected chi connectivity index (χ4v) is 1.34. The van der Waals surface area contributed by atoms with E-state index in [1.54, 1.807) is 0 Å². The van der Waals surface area contributed by atoms with E-state index in [4.69, 9.17) is 0 Å². The summed E-state index contributed by atoms with van der Waals surface area (Å²) in [6.07, 6.45) is 19.5. The molecule has 0 rings (SSSR count). The lowest BCUT2D eigenvalue weighted by atomic mass is 10.2. The van der Waals surface area contributed by atoms with Gasteiger partial charge in [-0.3, -0.25) is 0 Å². The summed E-state index contributed by atoms with van der Waals surface area (Å²) in [4.78, 5) is 0. The molecule has 0 aromatic carbocycles. The van der Waals surface area contributed by atoms with Gasteiger partial charge in [-0.25, -0.2) is 0 Å². The molecule has 0 radical (unpaired) electrons. The van der Waals surface area contributed by atoms with Crippen molar-refractivity contribution in [2.75, 3.05) is 0 Å². The van der Waals surface area contributed by atoms with E-state index in [0.29, 0.717) is 0 Å². The quantitative estimate of drug-likeness (QED) is 0.347. The first-order valence-corrected chi connectivity index (χ1v) is 6.21. The van der Waals surface area contributed by atoms with Crippen LogP contribution in [0.5, 0.6) is 0 Å². The first kappa shape index (κ1) is 13.5. The van der Waals surface area contributed by atoms with E-state index in [0.717, 1.165) is 6.42 Å². The molecule has 0 nitrogen and oxygen atoms in total. The van der Waals surface area contributed by atoms with Crippen LogP contribution >= 0.6 is 0 Å². The number of allylic oxidation sites excluding steroid dienone is 4. The Bertz CT molecular complexity index is 142. The van der Waals surface area contributed by atoms with E-state index in [-0.39, 0.29) is 0 Å². The molecule has 0 aliphatic rings. The molecule has 0 atom stereocenters. The van der Waals surface area contributed by atoms with Gasteiger partial charge in [-0.05, 0) is 25.7 Å². The lowest BCUT2D eigenvalue weighted by molar-refractivity contribution is 0.728. The average molecular weight is 194 g/mol. The first-order chi connectivity index (χ1) is 6.91. The Morgan fingerprint density at radius 2 is 1.21 bits per heavy atom. The Hall–Kier alpha value is -0.520. The van der Waals surface area contributed by atoms with Gasteiger partial charge in [0.1, 0.15) is 0 Å². The summed E-state index contributed by atoms with van der Waals surface area (Å²) in [5, 5.41) is 0. The lowest BCUT2D eigenvalue weighted by Gasteiger charge is -1.91. The van der Waals surface area contributed by atoms with Crippen molar-refractivity contribution < 1.29 is 0 Å². The van der Waals surface area contributed by atoms with Crippen molar-refractivity contribution in [3.8, 4) is 0 Å². The van der Waals surface area contributed by atoms with Gasteiger partial charge in [0.15, 0.2) is 0 Å². The molecule has 0 bridgehead atoms. The van der Waals surface area contributed by atoms with Gasteiger partial charge in [0.05, 0.1) is 0 Å². The van der Waals surface area contributed by atoms with Gasteiger partial charge in [-0.2, -0.15) is 0 Å². The van der Waals surface area contributed by atoms with Crippen molar-refractivity contribution in [2.45, 2.75) is 65.2 Å². The zero-order valence-corrected chi connectivity index (χ0v) is 9.97. The van der Waals surface area contributed by atoms with Gasteiger partial charge in [0, 0.05) is 0 Å². The highest BCUT2D eigenvalue weighted by molar-refractivity contribution is 4.92. The lowest BCUT2D eigenvalue weighted by Crippen LogP contribution is -1.70. The molecule has 0 heterocycles. The highest BCUT2D eigenvalue weighted by Crippen LogP contribution is 2.01. The third-order valence-electron chi connectivity index (χ3n) is 2.30. The molecule has 0 spiro atoms. The van der Waals surface area contributed by atoms with Crippen LogP contribution in [0.25, 0.3) is 0 Å². The SMILES string of the molecule is CCCC/C=C\CC=CCCCCC. The van der Waals surface area contributed by atoms with Crippen molar-refractivity contribution in [2.24, 2.45) is 0 Å². The van der Waals surface area contributed by atoms with Crippen molar-refractivity contribution in [1.29, 1.82) is 0 Å². The van der Waals surface area contributed by atoms with E-state index in [9.17, 15) is 0 Å². The monoisotopic (exact) mass is 194 g/mol. The maximum absolute atomic E-state index is 2.32. The van der Waals surface area contributed by atoms with Crippen LogP contribution in [-0.4, -0.2) is 0 Å². The van der Waals surface area contributed by atoms with Gasteiger partial charge >= 0.3 is 0 Å². The summed E-state index contributed by atoms with van der Waals surface area (Å²) in [6.45, 7) is 4.49. The zero-order chi connectivity index (χ0) is 10.5. The van der Waals surface area contributed by atoms with Crippen LogP contribution in [0.4, 0.5) is 0 Å². The average Bonchev–Trinajstić information content (AvgIpc) is 2.21. The van der Waals surface area contributed by atoms with Crippen molar-refractivity contribution >= 4 is 0 Å². The summed E-state index contributed by atoms with van der Waals surface area (Å²) >= 11 is 0. The minimum Gasteiger partial charge on any atom is -0.0882 e. The number of hydrogen-bond acceptors (Lipinski definition) is 0. The molecule has 0 aromatic rings. The molecule has 0 aromatic heterocycles. The van der Waals surface area contributed by atoms with Gasteiger partial charge in [-0.1, -0.05) is 63.8 Å². The van der Waals surface area contributed by atoms with Gasteiger partial charge in [-0.15, -0.1) is 0 Å². The molecular weight excluding hydrogens is 168 g/mol. The Labute approximate surface area is 90.1 Å². The second-order valence-corrected chi connectivity index (χ2v) is 3.82. The maximum atomic E-state index is 2.32. The van der Waals surface area contributed by atoms with Crippen LogP contribution in [0, 0.1) is 0 Å². The molecule has 0 aliphatic heterocycles. The standard InChI is InChI=1S/C14H26/c1-3-5-7-9-11-13-14-12-10-8-6-4-2/h9,11-12,14H,3-8,10,13H2,1-2H3/b11-9-,14-12?. The van der Waals surface area contributed by atoms with E-state index in [2.05, 4.69) is 38.2 Å². The van der Waals surface area contributed by atoms with Crippen molar-refractivity contribution in [3.63, 3.8) is 0 Å². The number of hydrogen-bond donors (Lipinski definition) is 0. The van der Waals surface area contributed by atoms with E-state index in [1.165, 1.54) is 44.9 Å². The Morgan fingerprint density at radius 1 is 0.643 bits per heavy atom. The summed E-state index contributed by atoms with van der Waals surface area (Å²) in [6, 6.07) is 0. The summed E-state index contributed by atoms with van der Waals surface area (Å²) in [5.74, 6) is 0. The number of rotatable bonds is 9. The molecule has 0 aliphatic carbocycles. The van der Waals surface area contributed by atoms with Crippen LogP contribution in [-0.2, 0) is 0 Å². The normalized spacial score (nSPS) is 11.9. The molecule has 0 saturated heterocycles. The molecule has 0 amide bonds. The van der Waals surface area contributed by atoms with Crippen LogP contribution < -0.4 is 0 Å². The largest absolute Gasteiger partial charge is 0.0882 e. The fourth-order valence-electron chi connectivity index (χ4n) is 1.34. The van der Waals surface area contributed by atoms with Crippen LogP contribution in [0.3, 0.4) is 0 Å². The van der Waals surface area contributed by atoms with Crippen molar-refractivity contribution in [1.82, 2.24) is 0 Å². The Balaban J connectivity index is 3.13. The second-order valence-electron chi connectivity index (χ2n) is 3.82. The molecule has 14 heavy (non-hydrogen) atoms. The maximum Gasteiger partial charge on any atom is -0.0169 e. The molecule has 0 N–H and O–H groups in total. The van der Waals surface area contributed by atoms with Crippen LogP contribution in [0.1, 0.15) is 65.2 Å². The molecule has 0 unspecified atom stereocenters. The highest BCUT2D eigenvalue weighted by Gasteiger charge is 1.81. The van der Waals surface area contributed by atoms with Crippen LogP contribution in [0.15, 0.2) is 24.3 Å². The van der Waals surface area contributed by atoms with E-state index in [1.807, 2.05) is 0 Å². The minimum absolute atomic E-state index is 1.12. The molecule has 0 saturated carbocycles. The summed E-state index contributed by atoms with van der Waals surface area (Å²) in [5.41, 5.74) is 0. The van der Waals surface area contributed by atoms with Gasteiger partial charge in [0.2, 0.25) is 0 Å². The van der Waals surface area contributed by atoms with Crippen LogP contribution in [0.2, 0.25) is 0 Å². The molecule has 0 fully saturated rings. The predicted molar refractivity (Wildman–Crippen MR) is 66.6 cm³/mol. The highest BCUT2D eigenvalue weighted by atomic mass is 13.9. The Morgan fingerprint density at radius 3 is 1.79 bits per heavy atom. The summed E-state index contributed by atoms with van der Waals surface area (Å²) in [7, 11) is 0. The fraction of sp³-hybridized carbons (Fsp3) is 0.714. The first-order valence-electron chi connectivity index (χ1n) is 6.21. The zero-order valence-electron chi connectivity index (χ0n) is 9.97. The minimum atomic E-state index is 1.12. The van der Waals surface area contributed by atoms with Gasteiger partial charge in [0.25, 0.3) is 0 Å². The summed E-state index contributed by atoms with van der Waals surface area (Å²) < 4.78 is 0. The third kappa shape index (κ3) is 11.5. The van der Waals surface area contributed by atoms with E-state index < -0.39 is 0 Å². The van der Waals surface area contributed by atoms with Crippen molar-refractivity contribution in [3.05, 3.63) is 24.3 Å². The second kappa shape index (κ2) is 12.5. The molecule has 82 valence electrons. The Kier molecular flexibility index (Phi) is 12.0. The smallest absolute Gasteiger partial charge is 0.0169 e. The third-order valence-corrected chi connectivity index (χ3v) is 2.30. The number of unbranched alkanes of at least 4 members (excludes halogenated alkanes) is 5. The van der Waals surface area contributed by atoms with Gasteiger partial charge < -0.3 is 0 Å². The molecule has 0 heteroatoms. The topological polar surface area (TPSA) is 0 Å².